The summed E-state index contributed by atoms with van der Waals surface area (Å²) in [5.41, 5.74) is 0. The first-order valence-electron chi connectivity index (χ1n) is 39.4. The highest BCUT2D eigenvalue weighted by atomic mass is 31.2. The number of hydrogen-bond donors (Lipinski definition) is 2. The Morgan fingerprint density at radius 3 is 0.920 bits per heavy atom. The molecule has 0 aliphatic heterocycles. The van der Waals surface area contributed by atoms with E-state index in [0.717, 1.165) is 38.5 Å². The quantitative estimate of drug-likeness (QED) is 0.0272. The van der Waals surface area contributed by atoms with Gasteiger partial charge < -0.3 is 28.8 Å². The van der Waals surface area contributed by atoms with E-state index in [1.807, 2.05) is 27.2 Å². The van der Waals surface area contributed by atoms with Crippen LogP contribution in [0.1, 0.15) is 412 Å². The number of allylic oxidation sites excluding steroid dienone is 5. The molecule has 0 fully saturated rings. The maximum atomic E-state index is 13.1. The summed E-state index contributed by atoms with van der Waals surface area (Å²) < 4.78 is 23.5. The van der Waals surface area contributed by atoms with Gasteiger partial charge in [-0.1, -0.05) is 384 Å². The number of aliphatic hydroxyl groups excluding tert-OH is 1. The third kappa shape index (κ3) is 72.2. The maximum Gasteiger partial charge on any atom is 0.268 e. The summed E-state index contributed by atoms with van der Waals surface area (Å²) in [6.07, 6.45) is 94.7. The number of carbonyl (C=O) groups is 1. The lowest BCUT2D eigenvalue weighted by atomic mass is 10.0. The smallest absolute Gasteiger partial charge is 0.268 e. The predicted octanol–water partition coefficient (Wildman–Crippen LogP) is 24.9. The van der Waals surface area contributed by atoms with Crippen molar-refractivity contribution in [2.24, 2.45) is 0 Å². The van der Waals surface area contributed by atoms with Crippen LogP contribution in [0.15, 0.2) is 36.5 Å². The van der Waals surface area contributed by atoms with Crippen molar-refractivity contribution in [3.05, 3.63) is 36.5 Å². The lowest BCUT2D eigenvalue weighted by Gasteiger charge is -2.29. The molecule has 3 atom stereocenters. The molecule has 0 aromatic heterocycles. The van der Waals surface area contributed by atoms with E-state index in [1.54, 1.807) is 6.08 Å². The number of hydrogen-bond acceptors (Lipinski definition) is 6. The minimum absolute atomic E-state index is 0.00394. The van der Waals surface area contributed by atoms with E-state index in [9.17, 15) is 19.4 Å². The number of likely N-dealkylation sites (N-methyl/N-ethyl adjacent to an activating group) is 1. The molecule has 0 aromatic rings. The van der Waals surface area contributed by atoms with Crippen LogP contribution >= 0.6 is 7.82 Å². The van der Waals surface area contributed by atoms with Crippen LogP contribution in [-0.4, -0.2) is 68.5 Å². The maximum absolute atomic E-state index is 13.1. The van der Waals surface area contributed by atoms with Crippen LogP contribution in [0.5, 0.6) is 0 Å². The zero-order valence-electron chi connectivity index (χ0n) is 60.0. The van der Waals surface area contributed by atoms with Crippen molar-refractivity contribution in [3.63, 3.8) is 0 Å². The number of carbonyl (C=O) groups excluding carboxylic acids is 1. The fraction of sp³-hybridized carbons (Fsp3) is 0.911. The Balaban J connectivity index is 3.92. The average molecular weight is 1260 g/mol. The molecule has 522 valence electrons. The molecule has 8 nitrogen and oxygen atoms in total. The number of nitrogens with one attached hydrogen (secondary N) is 1. The monoisotopic (exact) mass is 1260 g/mol. The summed E-state index contributed by atoms with van der Waals surface area (Å²) in [5.74, 6) is -0.198. The van der Waals surface area contributed by atoms with Crippen LogP contribution in [0.3, 0.4) is 0 Å². The molecule has 0 aliphatic rings. The Kier molecular flexibility index (Phi) is 69.0. The fourth-order valence-corrected chi connectivity index (χ4v) is 13.0. The summed E-state index contributed by atoms with van der Waals surface area (Å²) in [4.78, 5) is 25.7. The Morgan fingerprint density at radius 2 is 0.636 bits per heavy atom. The third-order valence-electron chi connectivity index (χ3n) is 18.3. The Labute approximate surface area is 550 Å². The summed E-state index contributed by atoms with van der Waals surface area (Å²) in [7, 11) is 1.26. The molecule has 0 aromatic carbocycles. The molecule has 0 heterocycles. The Hall–Kier alpha value is -1.28. The van der Waals surface area contributed by atoms with Gasteiger partial charge >= 0.3 is 0 Å². The molecule has 0 rings (SSSR count). The summed E-state index contributed by atoms with van der Waals surface area (Å²) in [6, 6.07) is -0.903. The van der Waals surface area contributed by atoms with E-state index in [4.69, 9.17) is 9.05 Å². The largest absolute Gasteiger partial charge is 0.756 e. The van der Waals surface area contributed by atoms with Crippen LogP contribution in [0.25, 0.3) is 0 Å². The van der Waals surface area contributed by atoms with Crippen LogP contribution in [-0.2, 0) is 18.4 Å². The molecule has 9 heteroatoms. The second kappa shape index (κ2) is 70.0. The van der Waals surface area contributed by atoms with Crippen molar-refractivity contribution >= 4 is 13.7 Å². The van der Waals surface area contributed by atoms with Gasteiger partial charge in [-0.05, 0) is 57.8 Å². The molecular weight excluding hydrogens is 1100 g/mol. The molecule has 0 bridgehead atoms. The number of quaternary nitrogens is 1. The summed E-state index contributed by atoms with van der Waals surface area (Å²) in [5, 5.41) is 14.0. The lowest BCUT2D eigenvalue weighted by molar-refractivity contribution is -0.870. The molecule has 0 saturated heterocycles. The van der Waals surface area contributed by atoms with Crippen molar-refractivity contribution in [3.8, 4) is 0 Å². The highest BCUT2D eigenvalue weighted by Crippen LogP contribution is 2.38. The van der Waals surface area contributed by atoms with E-state index in [2.05, 4.69) is 43.5 Å². The van der Waals surface area contributed by atoms with Gasteiger partial charge in [-0.15, -0.1) is 0 Å². The van der Waals surface area contributed by atoms with Crippen molar-refractivity contribution in [1.82, 2.24) is 5.32 Å². The number of amides is 1. The van der Waals surface area contributed by atoms with E-state index >= 15 is 0 Å². The van der Waals surface area contributed by atoms with Gasteiger partial charge in [0.05, 0.1) is 39.9 Å². The van der Waals surface area contributed by atoms with Crippen LogP contribution in [0, 0.1) is 0 Å². The lowest BCUT2D eigenvalue weighted by Crippen LogP contribution is -2.45. The second-order valence-corrected chi connectivity index (χ2v) is 29.8. The van der Waals surface area contributed by atoms with Crippen LogP contribution < -0.4 is 10.2 Å². The van der Waals surface area contributed by atoms with Gasteiger partial charge in [0.15, 0.2) is 0 Å². The summed E-state index contributed by atoms with van der Waals surface area (Å²) >= 11 is 0. The highest BCUT2D eigenvalue weighted by molar-refractivity contribution is 7.45. The van der Waals surface area contributed by atoms with E-state index in [0.29, 0.717) is 17.4 Å². The van der Waals surface area contributed by atoms with Gasteiger partial charge in [0, 0.05) is 6.42 Å². The standard InChI is InChI=1S/C79H155N2O6P/c1-6-8-10-12-14-16-18-20-22-24-26-28-30-32-33-34-35-36-37-38-39-40-41-42-43-44-45-46-47-49-51-53-55-57-59-61-63-65-67-69-71-73-79(83)80-77(76-87-88(84,85)86-75-74-81(3,4)5)78(82)72-70-68-66-64-62-60-58-56-54-52-50-48-31-29-27-25-23-21-19-17-15-13-11-9-7-2/h24,26,62,64,70,72,77-78,82H,6-23,25,27-61,63,65-69,71,73-76H2,1-5H3,(H-,80,83,84,85)/b26-24-,64-62+,72-70+. The first kappa shape index (κ1) is 86.7. The van der Waals surface area contributed by atoms with Crippen LogP contribution in [0.4, 0.5) is 0 Å². The molecule has 2 N–H and O–H groups in total. The van der Waals surface area contributed by atoms with E-state index in [1.165, 1.54) is 353 Å². The Morgan fingerprint density at radius 1 is 0.386 bits per heavy atom. The molecule has 1 amide bonds. The average Bonchev–Trinajstić information content (AvgIpc) is 3.71. The van der Waals surface area contributed by atoms with Gasteiger partial charge in [0.2, 0.25) is 5.91 Å². The molecule has 0 aliphatic carbocycles. The van der Waals surface area contributed by atoms with Crippen molar-refractivity contribution in [2.45, 2.75) is 424 Å². The minimum atomic E-state index is -4.61. The number of aliphatic hydroxyl groups is 1. The van der Waals surface area contributed by atoms with Crippen LogP contribution in [0.2, 0.25) is 0 Å². The fourth-order valence-electron chi connectivity index (χ4n) is 12.2. The van der Waals surface area contributed by atoms with E-state index < -0.39 is 20.0 Å². The predicted molar refractivity (Wildman–Crippen MR) is 385 cm³/mol. The molecule has 3 unspecified atom stereocenters. The van der Waals surface area contributed by atoms with Gasteiger partial charge in [-0.2, -0.15) is 0 Å². The Bertz CT molecular complexity index is 1530. The number of nitrogens with zero attached hydrogens (tertiary/aromatic N) is 1. The minimum Gasteiger partial charge on any atom is -0.756 e. The van der Waals surface area contributed by atoms with E-state index in [-0.39, 0.29) is 19.1 Å². The van der Waals surface area contributed by atoms with Gasteiger partial charge in [0.1, 0.15) is 13.2 Å². The number of unbranched alkanes of at least 4 members (excludes halogenated alkanes) is 57. The SMILES string of the molecule is CCCCCCCCCC/C=C\CCCCCCCCCCCCCCCCCCCCCCCCCCCCCCCC(=O)NC(COP(=O)([O-])OCC[N+](C)(C)C)C(O)/C=C/CC/C=C/CCCCCCCCCCCCCCCCCCCCC. The van der Waals surface area contributed by atoms with Crippen molar-refractivity contribution in [2.75, 3.05) is 40.9 Å². The molecule has 0 spiro atoms. The van der Waals surface area contributed by atoms with Gasteiger partial charge in [-0.25, -0.2) is 0 Å². The molecule has 0 saturated carbocycles. The first-order valence-corrected chi connectivity index (χ1v) is 40.8. The third-order valence-corrected chi connectivity index (χ3v) is 19.3. The number of rotatable bonds is 74. The van der Waals surface area contributed by atoms with Gasteiger partial charge in [-0.3, -0.25) is 9.36 Å². The zero-order valence-corrected chi connectivity index (χ0v) is 60.9. The molecular formula is C79H155N2O6P. The molecule has 88 heavy (non-hydrogen) atoms. The highest BCUT2D eigenvalue weighted by Gasteiger charge is 2.23. The topological polar surface area (TPSA) is 108 Å². The van der Waals surface area contributed by atoms with Crippen molar-refractivity contribution in [1.29, 1.82) is 0 Å². The van der Waals surface area contributed by atoms with Crippen molar-refractivity contribution < 1.29 is 32.9 Å². The summed E-state index contributed by atoms with van der Waals surface area (Å²) in [6.45, 7) is 4.69. The normalized spacial score (nSPS) is 13.7. The zero-order chi connectivity index (χ0) is 64.1. The van der Waals surface area contributed by atoms with Gasteiger partial charge in [0.25, 0.3) is 7.82 Å². The first-order chi connectivity index (χ1) is 43.0. The second-order valence-electron chi connectivity index (χ2n) is 28.4. The molecule has 0 radical (unpaired) electrons. The number of phosphoric acid groups is 1. The number of phosphoric ester groups is 1.